The molecular formula is C9H13NO3S. The molecule has 0 aliphatic heterocycles. The largest absolute Gasteiger partial charge is 0.465 e. The summed E-state index contributed by atoms with van der Waals surface area (Å²) in [5, 5.41) is 0.798. The predicted octanol–water partition coefficient (Wildman–Crippen LogP) is 2.03. The quantitative estimate of drug-likeness (QED) is 0.721. The minimum Gasteiger partial charge on any atom is -0.465 e. The van der Waals surface area contributed by atoms with E-state index in [1.54, 1.807) is 0 Å². The Morgan fingerprint density at radius 3 is 3.00 bits per heavy atom. The molecule has 0 radical (unpaired) electrons. The van der Waals surface area contributed by atoms with Gasteiger partial charge in [0, 0.05) is 6.61 Å². The molecule has 0 spiro atoms. The van der Waals surface area contributed by atoms with Gasteiger partial charge in [0.15, 0.2) is 0 Å². The van der Waals surface area contributed by atoms with Gasteiger partial charge in [0.25, 0.3) is 0 Å². The Labute approximate surface area is 86.9 Å². The molecule has 14 heavy (non-hydrogen) atoms. The van der Waals surface area contributed by atoms with E-state index >= 15 is 0 Å². The maximum Gasteiger partial charge on any atom is 0.349 e. The lowest BCUT2D eigenvalue weighted by molar-refractivity contribution is 0.0606. The van der Waals surface area contributed by atoms with Gasteiger partial charge in [0.05, 0.1) is 13.3 Å². The van der Waals surface area contributed by atoms with Crippen molar-refractivity contribution >= 4 is 17.3 Å². The van der Waals surface area contributed by atoms with Crippen molar-refractivity contribution in [2.75, 3.05) is 13.7 Å². The number of carbonyl (C=O) groups excluding carboxylic acids is 1. The Bertz CT molecular complexity index is 311. The number of hydrogen-bond donors (Lipinski definition) is 0. The van der Waals surface area contributed by atoms with Crippen molar-refractivity contribution in [3.05, 3.63) is 16.1 Å². The summed E-state index contributed by atoms with van der Waals surface area (Å²) in [5.41, 5.74) is 0. The summed E-state index contributed by atoms with van der Waals surface area (Å²) < 4.78 is 9.93. The van der Waals surface area contributed by atoms with Gasteiger partial charge in [-0.15, -0.1) is 11.3 Å². The molecule has 0 fully saturated rings. The lowest BCUT2D eigenvalue weighted by Crippen LogP contribution is -1.98. The van der Waals surface area contributed by atoms with Crippen molar-refractivity contribution in [3.63, 3.8) is 0 Å². The van der Waals surface area contributed by atoms with Crippen LogP contribution in [0.5, 0.6) is 0 Å². The van der Waals surface area contributed by atoms with Crippen molar-refractivity contribution in [3.8, 4) is 0 Å². The van der Waals surface area contributed by atoms with E-state index in [1.807, 2.05) is 13.8 Å². The molecule has 1 aromatic heterocycles. The molecule has 0 aromatic carbocycles. The first kappa shape index (κ1) is 11.1. The number of ether oxygens (including phenoxy) is 2. The van der Waals surface area contributed by atoms with Crippen LogP contribution in [0.3, 0.4) is 0 Å². The second-order valence-electron chi connectivity index (χ2n) is 2.65. The smallest absolute Gasteiger partial charge is 0.349 e. The van der Waals surface area contributed by atoms with Crippen LogP contribution in [0, 0.1) is 0 Å². The third-order valence-electron chi connectivity index (χ3n) is 1.67. The highest BCUT2D eigenvalue weighted by Crippen LogP contribution is 2.22. The van der Waals surface area contributed by atoms with E-state index in [1.165, 1.54) is 24.6 Å². The molecule has 0 amide bonds. The fourth-order valence-electron chi connectivity index (χ4n) is 0.992. The van der Waals surface area contributed by atoms with Crippen LogP contribution in [0.2, 0.25) is 0 Å². The van der Waals surface area contributed by atoms with Gasteiger partial charge >= 0.3 is 5.97 Å². The van der Waals surface area contributed by atoms with E-state index < -0.39 is 0 Å². The summed E-state index contributed by atoms with van der Waals surface area (Å²) >= 11 is 1.30. The molecule has 1 atom stereocenters. The van der Waals surface area contributed by atoms with E-state index in [0.717, 1.165) is 5.01 Å². The number of carbonyl (C=O) groups is 1. The second-order valence-corrected chi connectivity index (χ2v) is 3.71. The van der Waals surface area contributed by atoms with Crippen LogP contribution in [0.15, 0.2) is 6.20 Å². The maximum atomic E-state index is 11.1. The van der Waals surface area contributed by atoms with Crippen LogP contribution in [-0.4, -0.2) is 24.7 Å². The number of rotatable bonds is 4. The third kappa shape index (κ3) is 2.52. The molecule has 0 N–H and O–H groups in total. The topological polar surface area (TPSA) is 48.4 Å². The zero-order valence-electron chi connectivity index (χ0n) is 8.44. The molecule has 0 saturated carbocycles. The summed E-state index contributed by atoms with van der Waals surface area (Å²) in [6.45, 7) is 4.46. The molecule has 0 bridgehead atoms. The van der Waals surface area contributed by atoms with Crippen LogP contribution in [-0.2, 0) is 9.47 Å². The monoisotopic (exact) mass is 215 g/mol. The standard InChI is InChI=1S/C9H13NO3S/c1-4-13-6(2)8-10-5-7(14-8)9(11)12-3/h5-6H,4H2,1-3H3. The summed E-state index contributed by atoms with van der Waals surface area (Å²) in [7, 11) is 1.35. The van der Waals surface area contributed by atoms with Gasteiger partial charge in [0.1, 0.15) is 16.0 Å². The lowest BCUT2D eigenvalue weighted by atomic mass is 10.4. The summed E-state index contributed by atoms with van der Waals surface area (Å²) in [6.07, 6.45) is 1.45. The van der Waals surface area contributed by atoms with Gasteiger partial charge in [-0.05, 0) is 13.8 Å². The first-order valence-corrected chi connectivity index (χ1v) is 5.16. The van der Waals surface area contributed by atoms with E-state index in [4.69, 9.17) is 4.74 Å². The van der Waals surface area contributed by atoms with Gasteiger partial charge in [0.2, 0.25) is 0 Å². The SMILES string of the molecule is CCOC(C)c1ncc(C(=O)OC)s1. The second kappa shape index (κ2) is 5.07. The molecule has 78 valence electrons. The summed E-state index contributed by atoms with van der Waals surface area (Å²) in [6, 6.07) is 0. The van der Waals surface area contributed by atoms with Crippen LogP contribution in [0.4, 0.5) is 0 Å². The van der Waals surface area contributed by atoms with Gasteiger partial charge in [-0.1, -0.05) is 0 Å². The molecule has 1 rings (SSSR count). The molecular weight excluding hydrogens is 202 g/mol. The van der Waals surface area contributed by atoms with Gasteiger partial charge < -0.3 is 9.47 Å². The van der Waals surface area contributed by atoms with E-state index in [2.05, 4.69) is 9.72 Å². The highest BCUT2D eigenvalue weighted by molar-refractivity contribution is 7.13. The normalized spacial score (nSPS) is 12.5. The molecule has 4 nitrogen and oxygen atoms in total. The van der Waals surface area contributed by atoms with Crippen molar-refractivity contribution in [2.45, 2.75) is 20.0 Å². The first-order chi connectivity index (χ1) is 6.69. The Kier molecular flexibility index (Phi) is 4.03. The predicted molar refractivity (Wildman–Crippen MR) is 53.5 cm³/mol. The number of hydrogen-bond acceptors (Lipinski definition) is 5. The average molecular weight is 215 g/mol. The van der Waals surface area contributed by atoms with Crippen LogP contribution in [0.1, 0.15) is 34.6 Å². The Balaban J connectivity index is 2.72. The number of nitrogens with zero attached hydrogens (tertiary/aromatic N) is 1. The molecule has 0 saturated heterocycles. The summed E-state index contributed by atoms with van der Waals surface area (Å²) in [5.74, 6) is -0.350. The Morgan fingerprint density at radius 1 is 1.71 bits per heavy atom. The van der Waals surface area contributed by atoms with Crippen molar-refractivity contribution in [1.82, 2.24) is 4.98 Å². The van der Waals surface area contributed by atoms with Gasteiger partial charge in [-0.25, -0.2) is 9.78 Å². The zero-order chi connectivity index (χ0) is 10.6. The minimum absolute atomic E-state index is 0.0663. The molecule has 0 aliphatic carbocycles. The maximum absolute atomic E-state index is 11.1. The number of thiazole rings is 1. The van der Waals surface area contributed by atoms with Gasteiger partial charge in [-0.3, -0.25) is 0 Å². The van der Waals surface area contributed by atoms with Crippen molar-refractivity contribution < 1.29 is 14.3 Å². The van der Waals surface area contributed by atoms with Crippen LogP contribution >= 0.6 is 11.3 Å². The highest BCUT2D eigenvalue weighted by Gasteiger charge is 2.14. The van der Waals surface area contributed by atoms with E-state index in [-0.39, 0.29) is 12.1 Å². The number of methoxy groups -OCH3 is 1. The number of aromatic nitrogens is 1. The minimum atomic E-state index is -0.350. The molecule has 5 heteroatoms. The molecule has 1 aromatic rings. The molecule has 1 heterocycles. The average Bonchev–Trinajstić information content (AvgIpc) is 2.66. The van der Waals surface area contributed by atoms with Gasteiger partial charge in [-0.2, -0.15) is 0 Å². The fourth-order valence-corrected chi connectivity index (χ4v) is 1.83. The zero-order valence-corrected chi connectivity index (χ0v) is 9.26. The fraction of sp³-hybridized carbons (Fsp3) is 0.556. The Morgan fingerprint density at radius 2 is 2.43 bits per heavy atom. The van der Waals surface area contributed by atoms with Crippen molar-refractivity contribution in [1.29, 1.82) is 0 Å². The Hall–Kier alpha value is -0.940. The highest BCUT2D eigenvalue weighted by atomic mass is 32.1. The molecule has 0 aliphatic rings. The summed E-state index contributed by atoms with van der Waals surface area (Å²) in [4.78, 5) is 15.7. The van der Waals surface area contributed by atoms with Crippen LogP contribution < -0.4 is 0 Å². The van der Waals surface area contributed by atoms with E-state index in [0.29, 0.717) is 11.5 Å². The van der Waals surface area contributed by atoms with E-state index in [9.17, 15) is 4.79 Å². The lowest BCUT2D eigenvalue weighted by Gasteiger charge is -2.06. The van der Waals surface area contributed by atoms with Crippen LogP contribution in [0.25, 0.3) is 0 Å². The number of esters is 1. The first-order valence-electron chi connectivity index (χ1n) is 4.34. The third-order valence-corrected chi connectivity index (χ3v) is 2.81. The molecule has 1 unspecified atom stereocenters. The van der Waals surface area contributed by atoms with Crippen molar-refractivity contribution in [2.24, 2.45) is 0 Å².